The lowest BCUT2D eigenvalue weighted by Gasteiger charge is -2.28. The fourth-order valence-electron chi connectivity index (χ4n) is 3.11. The Morgan fingerprint density at radius 2 is 1.94 bits per heavy atom. The van der Waals surface area contributed by atoms with Crippen LogP contribution in [0.1, 0.15) is 26.3 Å². The van der Waals surface area contributed by atoms with Crippen LogP contribution in [0.4, 0.5) is 10.6 Å². The van der Waals surface area contributed by atoms with Gasteiger partial charge in [0.25, 0.3) is 0 Å². The number of hydrogen-bond donors (Lipinski definition) is 0. The topological polar surface area (TPSA) is 72.6 Å². The van der Waals surface area contributed by atoms with Crippen molar-refractivity contribution in [2.24, 2.45) is 0 Å². The maximum Gasteiger partial charge on any atom is 0.416 e. The molecule has 0 aliphatic rings. The van der Waals surface area contributed by atoms with Crippen LogP contribution in [0.2, 0.25) is 5.02 Å². The summed E-state index contributed by atoms with van der Waals surface area (Å²) in [6.45, 7) is 5.75. The molecule has 0 aliphatic carbocycles. The fourth-order valence-corrected chi connectivity index (χ4v) is 3.59. The van der Waals surface area contributed by atoms with Crippen molar-refractivity contribution in [3.63, 3.8) is 0 Å². The number of aromatic nitrogens is 4. The van der Waals surface area contributed by atoms with Gasteiger partial charge in [-0.1, -0.05) is 29.8 Å². The molecule has 0 N–H and O–H groups in total. The van der Waals surface area contributed by atoms with E-state index in [1.165, 1.54) is 4.90 Å². The molecule has 0 spiro atoms. The molecule has 32 heavy (non-hydrogen) atoms. The van der Waals surface area contributed by atoms with Gasteiger partial charge in [0.05, 0.1) is 22.9 Å². The quantitative estimate of drug-likeness (QED) is 0.327. The summed E-state index contributed by atoms with van der Waals surface area (Å²) in [5.41, 5.74) is 2.29. The molecule has 3 heterocycles. The minimum absolute atomic E-state index is 0.249. The van der Waals surface area contributed by atoms with Crippen LogP contribution in [0.25, 0.3) is 16.9 Å². The van der Waals surface area contributed by atoms with E-state index in [0.717, 1.165) is 11.1 Å². The lowest BCUT2D eigenvalue weighted by molar-refractivity contribution is 0.0575. The van der Waals surface area contributed by atoms with Gasteiger partial charge in [-0.15, -0.1) is 0 Å². The standard InChI is InChI=1S/C23H21BrClN5O2/c1-23(2,3)32-22(31)29(14-15-5-4-10-26-12-15)20-11-19(16-6-8-17(25)9-7-16)28-21-18(24)13-27-30(20)21/h4-13H,14H2,1-3H3. The normalized spacial score (nSPS) is 11.5. The van der Waals surface area contributed by atoms with Crippen LogP contribution in [0.15, 0.2) is 65.5 Å². The van der Waals surface area contributed by atoms with E-state index in [9.17, 15) is 4.79 Å². The van der Waals surface area contributed by atoms with E-state index in [4.69, 9.17) is 21.3 Å². The Labute approximate surface area is 199 Å². The van der Waals surface area contributed by atoms with Gasteiger partial charge in [-0.25, -0.2) is 9.78 Å². The Morgan fingerprint density at radius 1 is 1.19 bits per heavy atom. The van der Waals surface area contributed by atoms with Crippen molar-refractivity contribution < 1.29 is 9.53 Å². The number of carbonyl (C=O) groups is 1. The SMILES string of the molecule is CC(C)(C)OC(=O)N(Cc1cccnc1)c1cc(-c2ccc(Cl)cc2)nc2c(Br)cnn12. The number of ether oxygens (including phenoxy) is 1. The van der Waals surface area contributed by atoms with Gasteiger partial charge in [-0.3, -0.25) is 9.88 Å². The lowest BCUT2D eigenvalue weighted by atomic mass is 10.1. The summed E-state index contributed by atoms with van der Waals surface area (Å²) < 4.78 is 8.04. The van der Waals surface area contributed by atoms with E-state index in [-0.39, 0.29) is 6.54 Å². The van der Waals surface area contributed by atoms with Crippen LogP contribution < -0.4 is 4.90 Å². The summed E-state index contributed by atoms with van der Waals surface area (Å²) in [5.74, 6) is 0.517. The Balaban J connectivity index is 1.88. The van der Waals surface area contributed by atoms with Crippen LogP contribution in [0.3, 0.4) is 0 Å². The van der Waals surface area contributed by atoms with Crippen LogP contribution in [-0.4, -0.2) is 31.3 Å². The van der Waals surface area contributed by atoms with E-state index in [2.05, 4.69) is 26.0 Å². The molecule has 0 saturated carbocycles. The molecule has 0 atom stereocenters. The van der Waals surface area contributed by atoms with Gasteiger partial charge in [0, 0.05) is 29.0 Å². The average molecular weight is 515 g/mol. The Kier molecular flexibility index (Phi) is 6.17. The summed E-state index contributed by atoms with van der Waals surface area (Å²) >= 11 is 9.57. The number of fused-ring (bicyclic) bond motifs is 1. The Bertz CT molecular complexity index is 1250. The summed E-state index contributed by atoms with van der Waals surface area (Å²) in [5, 5.41) is 5.06. The predicted molar refractivity (Wildman–Crippen MR) is 128 cm³/mol. The second kappa shape index (κ2) is 8.88. The molecule has 164 valence electrons. The van der Waals surface area contributed by atoms with Gasteiger partial charge in [0.15, 0.2) is 5.65 Å². The molecular formula is C23H21BrClN5O2. The highest BCUT2D eigenvalue weighted by Crippen LogP contribution is 2.30. The molecule has 1 amide bonds. The number of rotatable bonds is 4. The molecule has 9 heteroatoms. The van der Waals surface area contributed by atoms with Crippen molar-refractivity contribution in [3.05, 3.63) is 76.1 Å². The predicted octanol–water partition coefficient (Wildman–Crippen LogP) is 6.15. The van der Waals surface area contributed by atoms with Crippen LogP contribution in [0.5, 0.6) is 0 Å². The van der Waals surface area contributed by atoms with Crippen molar-refractivity contribution in [1.29, 1.82) is 0 Å². The highest BCUT2D eigenvalue weighted by molar-refractivity contribution is 9.10. The highest BCUT2D eigenvalue weighted by Gasteiger charge is 2.27. The van der Waals surface area contributed by atoms with Gasteiger partial charge in [0.1, 0.15) is 11.4 Å². The number of hydrogen-bond acceptors (Lipinski definition) is 5. The van der Waals surface area contributed by atoms with Crippen molar-refractivity contribution in [2.75, 3.05) is 4.90 Å². The first-order valence-electron chi connectivity index (χ1n) is 9.91. The van der Waals surface area contributed by atoms with Gasteiger partial charge >= 0.3 is 6.09 Å². The molecule has 0 saturated heterocycles. The van der Waals surface area contributed by atoms with E-state index in [0.29, 0.717) is 26.7 Å². The summed E-state index contributed by atoms with van der Waals surface area (Å²) in [6, 6.07) is 12.9. The van der Waals surface area contributed by atoms with Crippen LogP contribution >= 0.6 is 27.5 Å². The number of amides is 1. The van der Waals surface area contributed by atoms with Gasteiger partial charge < -0.3 is 4.74 Å². The molecule has 0 unspecified atom stereocenters. The molecule has 4 aromatic rings. The number of pyridine rings is 1. The third-order valence-corrected chi connectivity index (χ3v) is 5.32. The molecule has 0 bridgehead atoms. The van der Waals surface area contributed by atoms with Gasteiger partial charge in [-0.2, -0.15) is 9.61 Å². The van der Waals surface area contributed by atoms with Crippen molar-refractivity contribution >= 4 is 45.1 Å². The molecule has 4 rings (SSSR count). The minimum Gasteiger partial charge on any atom is -0.443 e. The number of carbonyl (C=O) groups excluding carboxylic acids is 1. The lowest BCUT2D eigenvalue weighted by Crippen LogP contribution is -2.37. The van der Waals surface area contributed by atoms with Crippen molar-refractivity contribution in [3.8, 4) is 11.3 Å². The summed E-state index contributed by atoms with van der Waals surface area (Å²) in [4.78, 5) is 23.7. The molecule has 3 aromatic heterocycles. The number of anilines is 1. The van der Waals surface area contributed by atoms with E-state index < -0.39 is 11.7 Å². The largest absolute Gasteiger partial charge is 0.443 e. The fraction of sp³-hybridized carbons (Fsp3) is 0.217. The molecule has 1 aromatic carbocycles. The maximum atomic E-state index is 13.3. The monoisotopic (exact) mass is 513 g/mol. The first-order valence-corrected chi connectivity index (χ1v) is 11.1. The summed E-state index contributed by atoms with van der Waals surface area (Å²) in [7, 11) is 0. The van der Waals surface area contributed by atoms with Crippen LogP contribution in [0, 0.1) is 0 Å². The molecular weight excluding hydrogens is 494 g/mol. The minimum atomic E-state index is -0.667. The molecule has 7 nitrogen and oxygen atoms in total. The van der Waals surface area contributed by atoms with E-state index >= 15 is 0 Å². The maximum absolute atomic E-state index is 13.3. The van der Waals surface area contributed by atoms with Gasteiger partial charge in [-0.05, 0) is 60.5 Å². The second-order valence-corrected chi connectivity index (χ2v) is 9.45. The first-order chi connectivity index (χ1) is 15.2. The zero-order chi connectivity index (χ0) is 22.9. The smallest absolute Gasteiger partial charge is 0.416 e. The zero-order valence-corrected chi connectivity index (χ0v) is 20.1. The summed E-state index contributed by atoms with van der Waals surface area (Å²) in [6.07, 6.45) is 4.56. The number of nitrogens with zero attached hydrogens (tertiary/aromatic N) is 5. The third-order valence-electron chi connectivity index (χ3n) is 4.50. The zero-order valence-electron chi connectivity index (χ0n) is 17.8. The van der Waals surface area contributed by atoms with E-state index in [1.807, 2.05) is 51.1 Å². The van der Waals surface area contributed by atoms with Crippen molar-refractivity contribution in [2.45, 2.75) is 32.9 Å². The van der Waals surface area contributed by atoms with E-state index in [1.54, 1.807) is 35.2 Å². The highest BCUT2D eigenvalue weighted by atomic mass is 79.9. The van der Waals surface area contributed by atoms with Crippen LogP contribution in [-0.2, 0) is 11.3 Å². The third kappa shape index (κ3) is 4.92. The average Bonchev–Trinajstić information content (AvgIpc) is 3.12. The molecule has 0 fully saturated rings. The van der Waals surface area contributed by atoms with Crippen molar-refractivity contribution in [1.82, 2.24) is 19.6 Å². The Morgan fingerprint density at radius 3 is 2.59 bits per heavy atom. The number of benzene rings is 1. The number of halogens is 2. The van der Waals surface area contributed by atoms with Gasteiger partial charge in [0.2, 0.25) is 0 Å². The molecule has 0 radical (unpaired) electrons. The second-order valence-electron chi connectivity index (χ2n) is 8.16. The first kappa shape index (κ1) is 22.2. The molecule has 0 aliphatic heterocycles. The Hall–Kier alpha value is -2.97.